The molecule has 9 heteroatoms. The monoisotopic (exact) mass is 424 g/mol. The standard InChI is InChI=1S/C18H33O7PS/c1-14(2)7-5-8-15(3)9-6-10-16(4)13-17(19)11-12-18(26(20,21)22)27(23,24)25/h7,9,13,17-19H,5-6,8,10-12H2,1-4H3,(H2,20,21,22)(H,23,24,25)/b15-9+,16-13+. The van der Waals surface area contributed by atoms with E-state index in [1.54, 1.807) is 6.08 Å². The molecule has 0 radical (unpaired) electrons. The predicted molar refractivity (Wildman–Crippen MR) is 108 cm³/mol. The third-order valence-electron chi connectivity index (χ3n) is 4.03. The number of rotatable bonds is 12. The van der Waals surface area contributed by atoms with Crippen molar-refractivity contribution in [2.75, 3.05) is 0 Å². The predicted octanol–water partition coefficient (Wildman–Crippen LogP) is 3.94. The van der Waals surface area contributed by atoms with Crippen LogP contribution in [0.25, 0.3) is 0 Å². The smallest absolute Gasteiger partial charge is 0.346 e. The molecule has 0 saturated carbocycles. The summed E-state index contributed by atoms with van der Waals surface area (Å²) >= 11 is 0. The first-order valence-corrected chi connectivity index (χ1v) is 12.1. The van der Waals surface area contributed by atoms with Crippen molar-refractivity contribution in [3.63, 3.8) is 0 Å². The fourth-order valence-corrected chi connectivity index (χ4v) is 4.84. The molecule has 0 amide bonds. The minimum Gasteiger partial charge on any atom is -0.389 e. The first kappa shape index (κ1) is 26.2. The van der Waals surface area contributed by atoms with E-state index >= 15 is 0 Å². The van der Waals surface area contributed by atoms with Crippen LogP contribution in [-0.4, -0.2) is 39.0 Å². The van der Waals surface area contributed by atoms with Gasteiger partial charge in [0.15, 0.2) is 4.99 Å². The molecule has 0 bridgehead atoms. The maximum atomic E-state index is 11.2. The molecule has 27 heavy (non-hydrogen) atoms. The molecule has 0 rings (SSSR count). The molecular formula is C18H33O7PS. The second-order valence-corrected chi connectivity index (χ2v) is 10.9. The first-order valence-electron chi connectivity index (χ1n) is 8.89. The number of hydrogen-bond acceptors (Lipinski definition) is 4. The molecule has 0 spiro atoms. The van der Waals surface area contributed by atoms with E-state index in [2.05, 4.69) is 32.9 Å². The van der Waals surface area contributed by atoms with Gasteiger partial charge in [0.05, 0.1) is 6.10 Å². The maximum Gasteiger partial charge on any atom is 0.346 e. The topological polar surface area (TPSA) is 132 Å². The average Bonchev–Trinajstić information content (AvgIpc) is 2.43. The van der Waals surface area contributed by atoms with Gasteiger partial charge in [-0.1, -0.05) is 34.9 Å². The summed E-state index contributed by atoms with van der Waals surface area (Å²) in [6.45, 7) is 8.04. The highest BCUT2D eigenvalue weighted by Crippen LogP contribution is 2.46. The van der Waals surface area contributed by atoms with E-state index in [9.17, 15) is 18.1 Å². The zero-order chi connectivity index (χ0) is 21.3. The molecule has 4 N–H and O–H groups in total. The van der Waals surface area contributed by atoms with Crippen LogP contribution in [0.3, 0.4) is 0 Å². The largest absolute Gasteiger partial charge is 0.389 e. The number of allylic oxidation sites excluding steroid dienone is 5. The van der Waals surface area contributed by atoms with Crippen LogP contribution in [0.15, 0.2) is 34.9 Å². The van der Waals surface area contributed by atoms with Crippen molar-refractivity contribution in [1.29, 1.82) is 0 Å². The van der Waals surface area contributed by atoms with Crippen LogP contribution in [-0.2, 0) is 14.7 Å². The van der Waals surface area contributed by atoms with Gasteiger partial charge in [-0.15, -0.1) is 0 Å². The lowest BCUT2D eigenvalue weighted by Gasteiger charge is -2.16. The molecule has 158 valence electrons. The lowest BCUT2D eigenvalue weighted by Crippen LogP contribution is -2.22. The van der Waals surface area contributed by atoms with Crippen molar-refractivity contribution >= 4 is 17.7 Å². The maximum absolute atomic E-state index is 11.2. The van der Waals surface area contributed by atoms with Crippen molar-refractivity contribution < 1.29 is 32.4 Å². The normalized spacial score (nSPS) is 16.1. The minimum absolute atomic E-state index is 0.176. The Bertz CT molecular complexity index is 697. The van der Waals surface area contributed by atoms with E-state index in [1.807, 2.05) is 6.92 Å². The van der Waals surface area contributed by atoms with E-state index in [4.69, 9.17) is 14.3 Å². The van der Waals surface area contributed by atoms with Gasteiger partial charge in [-0.2, -0.15) is 8.42 Å². The molecule has 2 atom stereocenters. The van der Waals surface area contributed by atoms with Gasteiger partial charge in [-0.25, -0.2) is 0 Å². The SMILES string of the molecule is CC(C)=CCC/C(C)=C/CC/C(C)=C/C(O)CCC(P(=O)(O)O)S(=O)(=O)O. The number of aliphatic hydroxyl groups is 1. The molecule has 0 heterocycles. The van der Waals surface area contributed by atoms with Gasteiger partial charge in [-0.05, 0) is 66.2 Å². The molecule has 0 aromatic heterocycles. The van der Waals surface area contributed by atoms with E-state index < -0.39 is 35.2 Å². The summed E-state index contributed by atoms with van der Waals surface area (Å²) in [5, 5.41) is 9.95. The van der Waals surface area contributed by atoms with Gasteiger partial charge < -0.3 is 14.9 Å². The molecule has 0 aromatic carbocycles. The highest BCUT2D eigenvalue weighted by atomic mass is 32.2. The van der Waals surface area contributed by atoms with Crippen molar-refractivity contribution in [2.45, 2.75) is 77.3 Å². The average molecular weight is 424 g/mol. The molecule has 2 unspecified atom stereocenters. The van der Waals surface area contributed by atoms with Gasteiger partial charge in [0.25, 0.3) is 10.1 Å². The Balaban J connectivity index is 4.53. The van der Waals surface area contributed by atoms with Crippen LogP contribution in [0, 0.1) is 0 Å². The van der Waals surface area contributed by atoms with E-state index in [1.165, 1.54) is 11.1 Å². The summed E-state index contributed by atoms with van der Waals surface area (Å²) in [6.07, 6.45) is 7.67. The Hall–Kier alpha value is -0.760. The van der Waals surface area contributed by atoms with Crippen LogP contribution >= 0.6 is 7.60 Å². The van der Waals surface area contributed by atoms with Gasteiger partial charge in [0.2, 0.25) is 0 Å². The lowest BCUT2D eigenvalue weighted by atomic mass is 10.0. The summed E-state index contributed by atoms with van der Waals surface area (Å²) in [5.74, 6) is 0. The third kappa shape index (κ3) is 13.1. The van der Waals surface area contributed by atoms with Crippen molar-refractivity contribution in [1.82, 2.24) is 0 Å². The summed E-state index contributed by atoms with van der Waals surface area (Å²) < 4.78 is 42.3. The molecule has 0 aliphatic heterocycles. The molecule has 0 aliphatic carbocycles. The summed E-state index contributed by atoms with van der Waals surface area (Å²) in [4.78, 5) is 15.9. The number of aliphatic hydroxyl groups excluding tert-OH is 1. The van der Waals surface area contributed by atoms with Gasteiger partial charge in [-0.3, -0.25) is 9.12 Å². The molecule has 7 nitrogen and oxygen atoms in total. The molecular weight excluding hydrogens is 391 g/mol. The van der Waals surface area contributed by atoms with Crippen molar-refractivity contribution in [3.8, 4) is 0 Å². The Labute approximate surface area is 162 Å². The Morgan fingerprint density at radius 2 is 1.48 bits per heavy atom. The summed E-state index contributed by atoms with van der Waals surface area (Å²) in [7, 11) is -9.90. The Kier molecular flexibility index (Phi) is 11.6. The van der Waals surface area contributed by atoms with Crippen molar-refractivity contribution in [3.05, 3.63) is 34.9 Å². The van der Waals surface area contributed by atoms with Gasteiger partial charge in [0, 0.05) is 0 Å². The number of hydrogen-bond donors (Lipinski definition) is 4. The first-order chi connectivity index (χ1) is 12.2. The highest BCUT2D eigenvalue weighted by Gasteiger charge is 2.39. The molecule has 0 saturated heterocycles. The van der Waals surface area contributed by atoms with Crippen LogP contribution in [0.4, 0.5) is 0 Å². The molecule has 0 aliphatic rings. The van der Waals surface area contributed by atoms with E-state index in [0.29, 0.717) is 0 Å². The van der Waals surface area contributed by atoms with Crippen LogP contribution in [0.2, 0.25) is 0 Å². The fraction of sp³-hybridized carbons (Fsp3) is 0.667. The summed E-state index contributed by atoms with van der Waals surface area (Å²) in [6, 6.07) is 0. The van der Waals surface area contributed by atoms with Gasteiger partial charge in [0.1, 0.15) is 0 Å². The van der Waals surface area contributed by atoms with Gasteiger partial charge >= 0.3 is 7.60 Å². The van der Waals surface area contributed by atoms with E-state index in [0.717, 1.165) is 31.3 Å². The Morgan fingerprint density at radius 1 is 0.963 bits per heavy atom. The van der Waals surface area contributed by atoms with Crippen LogP contribution in [0.5, 0.6) is 0 Å². The lowest BCUT2D eigenvalue weighted by molar-refractivity contribution is 0.208. The molecule has 0 fully saturated rings. The van der Waals surface area contributed by atoms with Crippen LogP contribution < -0.4 is 0 Å². The van der Waals surface area contributed by atoms with E-state index in [-0.39, 0.29) is 6.42 Å². The second kappa shape index (κ2) is 11.9. The quantitative estimate of drug-likeness (QED) is 0.212. The highest BCUT2D eigenvalue weighted by molar-refractivity contribution is 7.93. The minimum atomic E-state index is -5.01. The zero-order valence-electron chi connectivity index (χ0n) is 16.5. The van der Waals surface area contributed by atoms with Crippen LogP contribution in [0.1, 0.15) is 66.2 Å². The van der Waals surface area contributed by atoms with Crippen molar-refractivity contribution in [2.24, 2.45) is 0 Å². The second-order valence-electron chi connectivity index (χ2n) is 7.13. The summed E-state index contributed by atoms with van der Waals surface area (Å²) in [5.41, 5.74) is 3.49. The molecule has 0 aromatic rings. The third-order valence-corrected chi connectivity index (χ3v) is 7.58. The zero-order valence-corrected chi connectivity index (χ0v) is 18.2. The fourth-order valence-electron chi connectivity index (χ4n) is 2.54. The Morgan fingerprint density at radius 3 is 1.96 bits per heavy atom.